The second kappa shape index (κ2) is 4.90. The predicted molar refractivity (Wildman–Crippen MR) is 74.8 cm³/mol. The van der Waals surface area contributed by atoms with Crippen molar-refractivity contribution in [3.05, 3.63) is 29.3 Å². The number of anilines is 1. The summed E-state index contributed by atoms with van der Waals surface area (Å²) in [5, 5.41) is 2.80. The molecule has 106 valence electrons. The van der Waals surface area contributed by atoms with Gasteiger partial charge < -0.3 is 15.0 Å². The van der Waals surface area contributed by atoms with Gasteiger partial charge in [-0.05, 0) is 37.1 Å². The molecule has 0 saturated carbocycles. The van der Waals surface area contributed by atoms with Crippen molar-refractivity contribution < 1.29 is 14.3 Å². The Morgan fingerprint density at radius 3 is 2.95 bits per heavy atom. The first-order valence-corrected chi connectivity index (χ1v) is 6.85. The van der Waals surface area contributed by atoms with Gasteiger partial charge in [0.15, 0.2) is 5.78 Å². The molecule has 0 radical (unpaired) electrons. The molecular formula is C15H18N2O3. The van der Waals surface area contributed by atoms with E-state index in [9.17, 15) is 9.59 Å². The minimum Gasteiger partial charge on any atom is -0.378 e. The topological polar surface area (TPSA) is 58.6 Å². The first-order valence-electron chi connectivity index (χ1n) is 6.85. The number of nitrogens with zero attached hydrogens (tertiary/aromatic N) is 1. The van der Waals surface area contributed by atoms with E-state index in [1.165, 1.54) is 0 Å². The van der Waals surface area contributed by atoms with Gasteiger partial charge in [-0.1, -0.05) is 0 Å². The average Bonchev–Trinajstić information content (AvgIpc) is 2.85. The van der Waals surface area contributed by atoms with Crippen LogP contribution in [-0.2, 0) is 11.3 Å². The van der Waals surface area contributed by atoms with E-state index in [2.05, 4.69) is 5.32 Å². The maximum Gasteiger partial charge on any atom is 0.321 e. The Kier molecular flexibility index (Phi) is 3.22. The zero-order valence-corrected chi connectivity index (χ0v) is 11.7. The minimum absolute atomic E-state index is 0.0426. The Hall–Kier alpha value is -1.88. The molecule has 20 heavy (non-hydrogen) atoms. The quantitative estimate of drug-likeness (QED) is 0.842. The van der Waals surface area contributed by atoms with Crippen LogP contribution in [0.25, 0.3) is 0 Å². The summed E-state index contributed by atoms with van der Waals surface area (Å²) >= 11 is 0. The molecule has 1 aromatic carbocycles. The molecule has 0 spiro atoms. The molecule has 0 aliphatic carbocycles. The van der Waals surface area contributed by atoms with Crippen LogP contribution in [0.15, 0.2) is 18.2 Å². The van der Waals surface area contributed by atoms with E-state index in [0.717, 1.165) is 17.7 Å². The van der Waals surface area contributed by atoms with Gasteiger partial charge in [-0.2, -0.15) is 0 Å². The first-order chi connectivity index (χ1) is 9.54. The third-order valence-corrected chi connectivity index (χ3v) is 3.95. The molecule has 1 saturated heterocycles. The van der Waals surface area contributed by atoms with Crippen molar-refractivity contribution in [2.45, 2.75) is 26.0 Å². The lowest BCUT2D eigenvalue weighted by molar-refractivity contribution is 0.0877. The molecule has 2 unspecified atom stereocenters. The molecule has 1 aromatic rings. The van der Waals surface area contributed by atoms with Crippen LogP contribution in [0.4, 0.5) is 10.5 Å². The predicted octanol–water partition coefficient (Wildman–Crippen LogP) is 2.27. The van der Waals surface area contributed by atoms with Gasteiger partial charge in [-0.3, -0.25) is 4.79 Å². The van der Waals surface area contributed by atoms with Crippen molar-refractivity contribution in [1.29, 1.82) is 0 Å². The Balaban J connectivity index is 1.84. The van der Waals surface area contributed by atoms with E-state index < -0.39 is 0 Å². The van der Waals surface area contributed by atoms with Crippen LogP contribution < -0.4 is 5.32 Å². The first kappa shape index (κ1) is 13.1. The molecule has 2 aliphatic heterocycles. The monoisotopic (exact) mass is 274 g/mol. The average molecular weight is 274 g/mol. The lowest BCUT2D eigenvalue weighted by atomic mass is 9.93. The summed E-state index contributed by atoms with van der Waals surface area (Å²) in [6.45, 7) is 3.03. The Bertz CT molecular complexity index is 570. The Morgan fingerprint density at radius 2 is 2.25 bits per heavy atom. The number of hydrogen-bond donors (Lipinski definition) is 1. The van der Waals surface area contributed by atoms with Crippen molar-refractivity contribution in [2.24, 2.45) is 5.92 Å². The van der Waals surface area contributed by atoms with Crippen LogP contribution in [0.1, 0.15) is 29.3 Å². The third-order valence-electron chi connectivity index (χ3n) is 3.95. The number of hydrogen-bond acceptors (Lipinski definition) is 3. The number of carbonyl (C=O) groups is 2. The number of ether oxygens (including phenoxy) is 1. The van der Waals surface area contributed by atoms with Crippen molar-refractivity contribution in [3.63, 3.8) is 0 Å². The van der Waals surface area contributed by atoms with Gasteiger partial charge in [-0.15, -0.1) is 0 Å². The molecule has 1 N–H and O–H groups in total. The van der Waals surface area contributed by atoms with Gasteiger partial charge >= 0.3 is 6.03 Å². The standard InChI is InChI=1S/C15H18N2O3/c1-9-5-12(8-20-9)14(18)10-3-4-13-11(6-10)7-17(2)15(19)16-13/h3-4,6,9,12H,5,7-8H2,1-2H3,(H,16,19). The maximum absolute atomic E-state index is 12.4. The van der Waals surface area contributed by atoms with E-state index in [1.54, 1.807) is 18.0 Å². The van der Waals surface area contributed by atoms with E-state index in [0.29, 0.717) is 18.7 Å². The molecule has 2 atom stereocenters. The molecule has 0 bridgehead atoms. The summed E-state index contributed by atoms with van der Waals surface area (Å²) in [5.41, 5.74) is 2.47. The van der Waals surface area contributed by atoms with Crippen LogP contribution in [0, 0.1) is 5.92 Å². The second-order valence-electron chi connectivity index (χ2n) is 5.60. The zero-order chi connectivity index (χ0) is 14.3. The van der Waals surface area contributed by atoms with Crippen LogP contribution in [0.3, 0.4) is 0 Å². The molecule has 5 nitrogen and oxygen atoms in total. The van der Waals surface area contributed by atoms with Gasteiger partial charge in [0.1, 0.15) is 0 Å². The third kappa shape index (κ3) is 2.29. The number of fused-ring (bicyclic) bond motifs is 1. The van der Waals surface area contributed by atoms with E-state index >= 15 is 0 Å². The number of nitrogens with one attached hydrogen (secondary N) is 1. The van der Waals surface area contributed by atoms with Crippen LogP contribution in [0.2, 0.25) is 0 Å². The number of carbonyl (C=O) groups excluding carboxylic acids is 2. The molecular weight excluding hydrogens is 256 g/mol. The molecule has 2 aliphatic rings. The van der Waals surface area contributed by atoms with Gasteiger partial charge in [0.05, 0.1) is 12.7 Å². The lowest BCUT2D eigenvalue weighted by Gasteiger charge is -2.26. The Morgan fingerprint density at radius 1 is 1.45 bits per heavy atom. The lowest BCUT2D eigenvalue weighted by Crippen LogP contribution is -2.35. The number of ketones is 1. The fraction of sp³-hybridized carbons (Fsp3) is 0.467. The fourth-order valence-electron chi connectivity index (χ4n) is 2.77. The molecule has 1 fully saturated rings. The molecule has 5 heteroatoms. The zero-order valence-electron chi connectivity index (χ0n) is 11.7. The fourth-order valence-corrected chi connectivity index (χ4v) is 2.77. The highest BCUT2D eigenvalue weighted by molar-refractivity contribution is 6.00. The van der Waals surface area contributed by atoms with E-state index in [-0.39, 0.29) is 23.8 Å². The van der Waals surface area contributed by atoms with Crippen LogP contribution >= 0.6 is 0 Å². The van der Waals surface area contributed by atoms with Gasteiger partial charge in [0.2, 0.25) is 0 Å². The summed E-state index contributed by atoms with van der Waals surface area (Å²) in [6.07, 6.45) is 0.944. The van der Waals surface area contributed by atoms with Crippen LogP contribution in [-0.4, -0.2) is 36.5 Å². The molecule has 2 heterocycles. The van der Waals surface area contributed by atoms with Crippen molar-refractivity contribution in [3.8, 4) is 0 Å². The number of urea groups is 1. The summed E-state index contributed by atoms with van der Waals surface area (Å²) in [5.74, 6) is 0.0932. The van der Waals surface area contributed by atoms with Crippen molar-refractivity contribution >= 4 is 17.5 Å². The van der Waals surface area contributed by atoms with Crippen molar-refractivity contribution in [1.82, 2.24) is 4.90 Å². The number of benzene rings is 1. The largest absolute Gasteiger partial charge is 0.378 e. The smallest absolute Gasteiger partial charge is 0.321 e. The van der Waals surface area contributed by atoms with Crippen molar-refractivity contribution in [2.75, 3.05) is 19.0 Å². The molecule has 2 amide bonds. The Labute approximate surface area is 117 Å². The van der Waals surface area contributed by atoms with E-state index in [4.69, 9.17) is 4.74 Å². The number of rotatable bonds is 2. The number of amides is 2. The summed E-state index contributed by atoms with van der Waals surface area (Å²) < 4.78 is 5.47. The summed E-state index contributed by atoms with van der Waals surface area (Å²) in [6, 6.07) is 5.37. The van der Waals surface area contributed by atoms with Crippen LogP contribution in [0.5, 0.6) is 0 Å². The van der Waals surface area contributed by atoms with Gasteiger partial charge in [0, 0.05) is 30.8 Å². The summed E-state index contributed by atoms with van der Waals surface area (Å²) in [7, 11) is 1.74. The highest BCUT2D eigenvalue weighted by atomic mass is 16.5. The molecule has 3 rings (SSSR count). The summed E-state index contributed by atoms with van der Waals surface area (Å²) in [4.78, 5) is 25.6. The second-order valence-corrected chi connectivity index (χ2v) is 5.60. The van der Waals surface area contributed by atoms with Gasteiger partial charge in [-0.25, -0.2) is 4.79 Å². The number of Topliss-reactive ketones (excluding diaryl/α,β-unsaturated/α-hetero) is 1. The molecule has 0 aromatic heterocycles. The normalized spacial score (nSPS) is 25.3. The SMILES string of the molecule is CC1CC(C(=O)c2ccc3c(c2)CN(C)C(=O)N3)CO1. The highest BCUT2D eigenvalue weighted by Crippen LogP contribution is 2.27. The maximum atomic E-state index is 12.4. The van der Waals surface area contributed by atoms with Gasteiger partial charge in [0.25, 0.3) is 0 Å². The highest BCUT2D eigenvalue weighted by Gasteiger charge is 2.29. The van der Waals surface area contributed by atoms with E-state index in [1.807, 2.05) is 19.1 Å². The minimum atomic E-state index is -0.116.